The zero-order valence-electron chi connectivity index (χ0n) is 14.9. The van der Waals surface area contributed by atoms with E-state index in [-0.39, 0.29) is 5.91 Å². The van der Waals surface area contributed by atoms with Crippen LogP contribution in [0.5, 0.6) is 5.75 Å². The molecule has 0 atom stereocenters. The van der Waals surface area contributed by atoms with Gasteiger partial charge in [-0.15, -0.1) is 0 Å². The monoisotopic (exact) mass is 388 g/mol. The zero-order valence-corrected chi connectivity index (χ0v) is 16.4. The van der Waals surface area contributed by atoms with Crippen LogP contribution in [-0.4, -0.2) is 35.4 Å². The number of aryl methyl sites for hydroxylation is 1. The molecule has 0 spiro atoms. The lowest BCUT2D eigenvalue weighted by Gasteiger charge is -2.16. The number of aliphatic imine (C=N–C) groups is 1. The van der Waals surface area contributed by atoms with Crippen molar-refractivity contribution in [2.75, 3.05) is 19.4 Å². The number of hydrogen-bond acceptors (Lipinski definition) is 4. The fourth-order valence-electron chi connectivity index (χ4n) is 2.72. The maximum absolute atomic E-state index is 12.7. The standard InChI is InChI=1S/C20H21ClN2O2S/c1-14-17(21)4-3-5-18(14)22-20-23(12-13-26-20)19(24)11-8-15-6-9-16(25-2)10-7-15/h3-7,9-10H,8,11-13H2,1-2H3. The first kappa shape index (κ1) is 18.8. The number of ether oxygens (including phenoxy) is 1. The van der Waals surface area contributed by atoms with Gasteiger partial charge in [0.2, 0.25) is 5.91 Å². The van der Waals surface area contributed by atoms with Gasteiger partial charge in [0, 0.05) is 23.7 Å². The van der Waals surface area contributed by atoms with Gasteiger partial charge in [0.1, 0.15) is 5.75 Å². The Hall–Kier alpha value is -1.98. The van der Waals surface area contributed by atoms with E-state index in [0.717, 1.165) is 33.5 Å². The van der Waals surface area contributed by atoms with Crippen LogP contribution in [0, 0.1) is 6.92 Å². The molecule has 136 valence electrons. The summed E-state index contributed by atoms with van der Waals surface area (Å²) in [5, 5.41) is 1.45. The summed E-state index contributed by atoms with van der Waals surface area (Å²) < 4.78 is 5.16. The highest BCUT2D eigenvalue weighted by Gasteiger charge is 2.25. The molecule has 0 bridgehead atoms. The molecule has 1 aliphatic rings. The maximum Gasteiger partial charge on any atom is 0.228 e. The summed E-state index contributed by atoms with van der Waals surface area (Å²) in [6.45, 7) is 2.64. The smallest absolute Gasteiger partial charge is 0.228 e. The number of carbonyl (C=O) groups is 1. The number of amides is 1. The second-order valence-corrected chi connectivity index (χ2v) is 7.49. The highest BCUT2D eigenvalue weighted by Crippen LogP contribution is 2.29. The predicted octanol–water partition coefficient (Wildman–Crippen LogP) is 4.85. The van der Waals surface area contributed by atoms with E-state index in [1.807, 2.05) is 49.4 Å². The summed E-state index contributed by atoms with van der Waals surface area (Å²) in [6, 6.07) is 13.5. The maximum atomic E-state index is 12.7. The average Bonchev–Trinajstić information content (AvgIpc) is 3.12. The quantitative estimate of drug-likeness (QED) is 0.735. The Morgan fingerprint density at radius 1 is 1.27 bits per heavy atom. The third-order valence-corrected chi connectivity index (χ3v) is 5.69. The Kier molecular flexibility index (Phi) is 6.22. The van der Waals surface area contributed by atoms with Crippen LogP contribution in [-0.2, 0) is 11.2 Å². The number of halogens is 1. The van der Waals surface area contributed by atoms with Crippen LogP contribution in [0.25, 0.3) is 0 Å². The van der Waals surface area contributed by atoms with Gasteiger partial charge in [-0.2, -0.15) is 0 Å². The highest BCUT2D eigenvalue weighted by molar-refractivity contribution is 8.14. The molecule has 1 amide bonds. The first-order valence-electron chi connectivity index (χ1n) is 8.48. The number of benzene rings is 2. The van der Waals surface area contributed by atoms with Gasteiger partial charge in [-0.1, -0.05) is 41.6 Å². The summed E-state index contributed by atoms with van der Waals surface area (Å²) in [5.41, 5.74) is 2.87. The van der Waals surface area contributed by atoms with Crippen molar-refractivity contribution in [1.82, 2.24) is 4.90 Å². The van der Waals surface area contributed by atoms with E-state index in [0.29, 0.717) is 24.4 Å². The van der Waals surface area contributed by atoms with Crippen molar-refractivity contribution >= 4 is 40.1 Å². The summed E-state index contributed by atoms with van der Waals surface area (Å²) in [5.74, 6) is 1.79. The molecule has 0 aromatic heterocycles. The first-order valence-corrected chi connectivity index (χ1v) is 9.84. The Balaban J connectivity index is 1.67. The highest BCUT2D eigenvalue weighted by atomic mass is 35.5. The lowest BCUT2D eigenvalue weighted by molar-refractivity contribution is -0.126. The van der Waals surface area contributed by atoms with E-state index in [1.54, 1.807) is 23.8 Å². The van der Waals surface area contributed by atoms with Crippen molar-refractivity contribution in [3.05, 3.63) is 58.6 Å². The number of thioether (sulfide) groups is 1. The second-order valence-electron chi connectivity index (χ2n) is 6.02. The number of rotatable bonds is 5. The molecule has 3 rings (SSSR count). The van der Waals surface area contributed by atoms with Gasteiger partial charge in [0.25, 0.3) is 0 Å². The molecule has 0 saturated carbocycles. The number of carbonyl (C=O) groups excluding carboxylic acids is 1. The third-order valence-electron chi connectivity index (χ3n) is 4.32. The lowest BCUT2D eigenvalue weighted by Crippen LogP contribution is -2.31. The Labute approximate surface area is 163 Å². The van der Waals surface area contributed by atoms with Crippen LogP contribution in [0.4, 0.5) is 5.69 Å². The van der Waals surface area contributed by atoms with Crippen LogP contribution in [0.1, 0.15) is 17.5 Å². The van der Waals surface area contributed by atoms with Crippen molar-refractivity contribution in [1.29, 1.82) is 0 Å². The molecule has 1 heterocycles. The van der Waals surface area contributed by atoms with Crippen LogP contribution >= 0.6 is 23.4 Å². The molecule has 1 saturated heterocycles. The molecule has 0 aliphatic carbocycles. The van der Waals surface area contributed by atoms with Crippen molar-refractivity contribution < 1.29 is 9.53 Å². The van der Waals surface area contributed by atoms with Gasteiger partial charge in [0.05, 0.1) is 12.8 Å². The van der Waals surface area contributed by atoms with E-state index in [2.05, 4.69) is 4.99 Å². The molecule has 0 unspecified atom stereocenters. The minimum Gasteiger partial charge on any atom is -0.497 e. The molecule has 1 fully saturated rings. The lowest BCUT2D eigenvalue weighted by atomic mass is 10.1. The molecule has 26 heavy (non-hydrogen) atoms. The summed E-state index contributed by atoms with van der Waals surface area (Å²) in [4.78, 5) is 19.1. The number of hydrogen-bond donors (Lipinski definition) is 0. The largest absolute Gasteiger partial charge is 0.497 e. The SMILES string of the molecule is COc1ccc(CCC(=O)N2CCSC2=Nc2cccc(Cl)c2C)cc1. The zero-order chi connectivity index (χ0) is 18.5. The summed E-state index contributed by atoms with van der Waals surface area (Å²) in [6.07, 6.45) is 1.16. The summed E-state index contributed by atoms with van der Waals surface area (Å²) >= 11 is 7.78. The molecule has 6 heteroatoms. The van der Waals surface area contributed by atoms with Gasteiger partial charge < -0.3 is 4.74 Å². The fraction of sp³-hybridized carbons (Fsp3) is 0.300. The van der Waals surface area contributed by atoms with Gasteiger partial charge in [0.15, 0.2) is 5.17 Å². The van der Waals surface area contributed by atoms with Crippen molar-refractivity contribution in [3.63, 3.8) is 0 Å². The van der Waals surface area contributed by atoms with Crippen molar-refractivity contribution in [2.24, 2.45) is 4.99 Å². The molecular formula is C20H21ClN2O2S. The minimum atomic E-state index is 0.101. The molecule has 4 nitrogen and oxygen atoms in total. The summed E-state index contributed by atoms with van der Waals surface area (Å²) in [7, 11) is 1.64. The van der Waals surface area contributed by atoms with Crippen LogP contribution in [0.2, 0.25) is 5.02 Å². The van der Waals surface area contributed by atoms with E-state index >= 15 is 0 Å². The number of methoxy groups -OCH3 is 1. The Morgan fingerprint density at radius 2 is 2.04 bits per heavy atom. The van der Waals surface area contributed by atoms with Crippen LogP contribution < -0.4 is 4.74 Å². The molecule has 0 radical (unpaired) electrons. The van der Waals surface area contributed by atoms with E-state index in [9.17, 15) is 4.79 Å². The third kappa shape index (κ3) is 4.40. The topological polar surface area (TPSA) is 41.9 Å². The van der Waals surface area contributed by atoms with Crippen molar-refractivity contribution in [2.45, 2.75) is 19.8 Å². The molecule has 2 aromatic rings. The fourth-order valence-corrected chi connectivity index (χ4v) is 3.86. The Morgan fingerprint density at radius 3 is 2.77 bits per heavy atom. The van der Waals surface area contributed by atoms with Crippen LogP contribution in [0.15, 0.2) is 47.5 Å². The molecular weight excluding hydrogens is 368 g/mol. The average molecular weight is 389 g/mol. The molecule has 1 aliphatic heterocycles. The minimum absolute atomic E-state index is 0.101. The Bertz CT molecular complexity index is 821. The van der Waals surface area contributed by atoms with E-state index in [1.165, 1.54) is 0 Å². The molecule has 2 aromatic carbocycles. The first-order chi connectivity index (χ1) is 12.6. The van der Waals surface area contributed by atoms with E-state index < -0.39 is 0 Å². The van der Waals surface area contributed by atoms with Crippen molar-refractivity contribution in [3.8, 4) is 5.75 Å². The number of nitrogens with zero attached hydrogens (tertiary/aromatic N) is 2. The van der Waals surface area contributed by atoms with Gasteiger partial charge in [-0.25, -0.2) is 4.99 Å². The van der Waals surface area contributed by atoms with Gasteiger partial charge in [-0.3, -0.25) is 9.69 Å². The van der Waals surface area contributed by atoms with E-state index in [4.69, 9.17) is 16.3 Å². The van der Waals surface area contributed by atoms with Gasteiger partial charge >= 0.3 is 0 Å². The number of amidine groups is 1. The second kappa shape index (κ2) is 8.60. The predicted molar refractivity (Wildman–Crippen MR) is 109 cm³/mol. The molecule has 0 N–H and O–H groups in total. The van der Waals surface area contributed by atoms with Gasteiger partial charge in [-0.05, 0) is 48.7 Å². The normalized spacial score (nSPS) is 15.5. The van der Waals surface area contributed by atoms with Crippen LogP contribution in [0.3, 0.4) is 0 Å².